The zero-order valence-corrected chi connectivity index (χ0v) is 14.8. The first-order valence-corrected chi connectivity index (χ1v) is 8.62. The Hall–Kier alpha value is -2.97. The summed E-state index contributed by atoms with van der Waals surface area (Å²) < 4.78 is 27.3. The van der Waals surface area contributed by atoms with E-state index in [1.165, 1.54) is 19.3 Å². The van der Waals surface area contributed by atoms with Crippen molar-refractivity contribution in [1.82, 2.24) is 14.5 Å². The first-order valence-electron chi connectivity index (χ1n) is 8.62. The highest BCUT2D eigenvalue weighted by atomic mass is 19.2. The van der Waals surface area contributed by atoms with Gasteiger partial charge in [0.05, 0.1) is 6.42 Å². The van der Waals surface area contributed by atoms with Gasteiger partial charge in [0.2, 0.25) is 5.91 Å². The lowest BCUT2D eigenvalue weighted by Gasteiger charge is -2.33. The van der Waals surface area contributed by atoms with Gasteiger partial charge in [-0.1, -0.05) is 0 Å². The molecule has 1 amide bonds. The average Bonchev–Trinajstić information content (AvgIpc) is 2.65. The molecule has 0 saturated carbocycles. The van der Waals surface area contributed by atoms with Crippen LogP contribution in [0.1, 0.15) is 18.4 Å². The molecule has 9 heteroatoms. The average molecular weight is 378 g/mol. The van der Waals surface area contributed by atoms with Crippen LogP contribution < -0.4 is 16.6 Å². The van der Waals surface area contributed by atoms with Crippen LogP contribution in [0.2, 0.25) is 0 Å². The normalized spacial score (nSPS) is 17.0. The van der Waals surface area contributed by atoms with Crippen molar-refractivity contribution in [2.24, 2.45) is 7.05 Å². The second-order valence-corrected chi connectivity index (χ2v) is 6.61. The van der Waals surface area contributed by atoms with Crippen molar-refractivity contribution >= 4 is 11.6 Å². The molecule has 0 bridgehead atoms. The summed E-state index contributed by atoms with van der Waals surface area (Å²) in [4.78, 5) is 40.1. The van der Waals surface area contributed by atoms with Crippen molar-refractivity contribution in [1.29, 1.82) is 0 Å². The first-order chi connectivity index (χ1) is 12.8. The number of H-pyrrole nitrogens is 1. The van der Waals surface area contributed by atoms with E-state index in [1.54, 1.807) is 4.90 Å². The summed E-state index contributed by atoms with van der Waals surface area (Å²) in [6.07, 6.45) is 2.69. The number of piperidine rings is 1. The van der Waals surface area contributed by atoms with Crippen LogP contribution in [0.3, 0.4) is 0 Å². The van der Waals surface area contributed by atoms with Crippen LogP contribution >= 0.6 is 0 Å². The molecule has 2 N–H and O–H groups in total. The monoisotopic (exact) mass is 378 g/mol. The molecule has 1 aliphatic heterocycles. The Bertz CT molecular complexity index is 970. The van der Waals surface area contributed by atoms with Crippen LogP contribution in [-0.2, 0) is 18.3 Å². The predicted octanol–water partition coefficient (Wildman–Crippen LogP) is 0.997. The molecule has 1 atom stereocenters. The Labute approximate surface area is 153 Å². The van der Waals surface area contributed by atoms with E-state index in [9.17, 15) is 23.2 Å². The van der Waals surface area contributed by atoms with Crippen LogP contribution in [0, 0.1) is 11.6 Å². The van der Waals surface area contributed by atoms with E-state index in [4.69, 9.17) is 0 Å². The smallest absolute Gasteiger partial charge is 0.328 e. The summed E-state index contributed by atoms with van der Waals surface area (Å²) in [6, 6.07) is 3.48. The van der Waals surface area contributed by atoms with Gasteiger partial charge in [-0.2, -0.15) is 0 Å². The minimum absolute atomic E-state index is 0.106. The number of nitrogens with zero attached hydrogens (tertiary/aromatic N) is 2. The van der Waals surface area contributed by atoms with E-state index < -0.39 is 22.9 Å². The number of nitrogens with one attached hydrogen (secondary N) is 2. The predicted molar refractivity (Wildman–Crippen MR) is 95.6 cm³/mol. The molecule has 3 rings (SSSR count). The lowest BCUT2D eigenvalue weighted by molar-refractivity contribution is -0.131. The molecule has 0 aliphatic carbocycles. The third-order valence-electron chi connectivity index (χ3n) is 4.66. The summed E-state index contributed by atoms with van der Waals surface area (Å²) in [5.74, 6) is -2.07. The van der Waals surface area contributed by atoms with Gasteiger partial charge in [-0.15, -0.1) is 0 Å². The standard InChI is InChI=1S/C18H20F2N4O3/c1-23-17(26)11(9-21-18(23)27)7-16(25)24-6-2-3-13(10-24)22-12-4-5-14(19)15(20)8-12/h4-5,8-9,13,22H,2-3,6-7,10H2,1H3,(H,21,27)/t13-/m1/s1. The third-order valence-corrected chi connectivity index (χ3v) is 4.66. The van der Waals surface area contributed by atoms with Crippen molar-refractivity contribution < 1.29 is 13.6 Å². The number of carbonyl (C=O) groups is 1. The van der Waals surface area contributed by atoms with Gasteiger partial charge in [0.25, 0.3) is 5.56 Å². The van der Waals surface area contributed by atoms with Crippen molar-refractivity contribution in [3.8, 4) is 0 Å². The molecule has 1 aliphatic rings. The van der Waals surface area contributed by atoms with E-state index in [-0.39, 0.29) is 23.9 Å². The Morgan fingerprint density at radius 2 is 2.07 bits per heavy atom. The number of rotatable bonds is 4. The molecule has 0 unspecified atom stereocenters. The van der Waals surface area contributed by atoms with Crippen molar-refractivity contribution in [3.63, 3.8) is 0 Å². The molecular formula is C18H20F2N4O3. The fraction of sp³-hybridized carbons (Fsp3) is 0.389. The van der Waals surface area contributed by atoms with Crippen molar-refractivity contribution in [3.05, 3.63) is 62.4 Å². The molecule has 0 spiro atoms. The highest BCUT2D eigenvalue weighted by molar-refractivity contribution is 5.78. The molecular weight excluding hydrogens is 358 g/mol. The fourth-order valence-electron chi connectivity index (χ4n) is 3.16. The van der Waals surface area contributed by atoms with E-state index >= 15 is 0 Å². The van der Waals surface area contributed by atoms with Gasteiger partial charge >= 0.3 is 5.69 Å². The number of aromatic nitrogens is 2. The van der Waals surface area contributed by atoms with Gasteiger partial charge in [-0.25, -0.2) is 13.6 Å². The van der Waals surface area contributed by atoms with E-state index in [0.717, 1.165) is 29.5 Å². The van der Waals surface area contributed by atoms with Crippen LogP contribution in [0.4, 0.5) is 14.5 Å². The minimum atomic E-state index is -0.933. The quantitative estimate of drug-likeness (QED) is 0.831. The van der Waals surface area contributed by atoms with Gasteiger partial charge < -0.3 is 15.2 Å². The minimum Gasteiger partial charge on any atom is -0.380 e. The number of hydrogen-bond acceptors (Lipinski definition) is 4. The van der Waals surface area contributed by atoms with Crippen LogP contribution in [0.15, 0.2) is 34.0 Å². The van der Waals surface area contributed by atoms with Crippen LogP contribution in [-0.4, -0.2) is 39.5 Å². The van der Waals surface area contributed by atoms with E-state index in [2.05, 4.69) is 10.3 Å². The third kappa shape index (κ3) is 4.24. The van der Waals surface area contributed by atoms with Crippen molar-refractivity contribution in [2.45, 2.75) is 25.3 Å². The number of carbonyl (C=O) groups excluding carboxylic acids is 1. The number of aromatic amines is 1. The highest BCUT2D eigenvalue weighted by Crippen LogP contribution is 2.19. The molecule has 1 fully saturated rings. The zero-order valence-electron chi connectivity index (χ0n) is 14.8. The van der Waals surface area contributed by atoms with Gasteiger partial charge in [-0.05, 0) is 25.0 Å². The second kappa shape index (κ2) is 7.73. The number of hydrogen-bond donors (Lipinski definition) is 2. The lowest BCUT2D eigenvalue weighted by atomic mass is 10.0. The SMILES string of the molecule is Cn1c(=O)[nH]cc(CC(=O)N2CCC[C@@H](Nc3ccc(F)c(F)c3)C2)c1=O. The molecule has 144 valence electrons. The molecule has 2 heterocycles. The van der Waals surface area contributed by atoms with Gasteiger partial charge in [0.1, 0.15) is 0 Å². The fourth-order valence-corrected chi connectivity index (χ4v) is 3.16. The number of likely N-dealkylation sites (tertiary alicyclic amines) is 1. The summed E-state index contributed by atoms with van der Waals surface area (Å²) in [6.45, 7) is 0.944. The van der Waals surface area contributed by atoms with Gasteiger partial charge in [0.15, 0.2) is 11.6 Å². The van der Waals surface area contributed by atoms with E-state index in [0.29, 0.717) is 18.8 Å². The molecule has 0 radical (unpaired) electrons. The number of anilines is 1. The maximum Gasteiger partial charge on any atom is 0.328 e. The largest absolute Gasteiger partial charge is 0.380 e. The molecule has 1 saturated heterocycles. The van der Waals surface area contributed by atoms with E-state index in [1.807, 2.05) is 0 Å². The molecule has 2 aromatic rings. The number of amides is 1. The molecule has 7 nitrogen and oxygen atoms in total. The Kier molecular flexibility index (Phi) is 5.38. The molecule has 1 aromatic carbocycles. The number of halogens is 2. The summed E-state index contributed by atoms with van der Waals surface area (Å²) in [5.41, 5.74) is -0.369. The molecule has 27 heavy (non-hydrogen) atoms. The molecule has 1 aromatic heterocycles. The van der Waals surface area contributed by atoms with Crippen LogP contribution in [0.25, 0.3) is 0 Å². The topological polar surface area (TPSA) is 87.2 Å². The Morgan fingerprint density at radius 1 is 1.30 bits per heavy atom. The van der Waals surface area contributed by atoms with Gasteiger partial charge in [0, 0.05) is 49.7 Å². The summed E-state index contributed by atoms with van der Waals surface area (Å²) >= 11 is 0. The number of benzene rings is 1. The second-order valence-electron chi connectivity index (χ2n) is 6.61. The Morgan fingerprint density at radius 3 is 2.81 bits per heavy atom. The maximum absolute atomic E-state index is 13.3. The lowest BCUT2D eigenvalue weighted by Crippen LogP contribution is -2.46. The maximum atomic E-state index is 13.3. The first kappa shape index (κ1) is 18.8. The van der Waals surface area contributed by atoms with Gasteiger partial charge in [-0.3, -0.25) is 14.2 Å². The summed E-state index contributed by atoms with van der Waals surface area (Å²) in [5, 5.41) is 3.11. The van der Waals surface area contributed by atoms with Crippen molar-refractivity contribution in [2.75, 3.05) is 18.4 Å². The summed E-state index contributed by atoms with van der Waals surface area (Å²) in [7, 11) is 1.35. The Balaban J connectivity index is 1.66. The highest BCUT2D eigenvalue weighted by Gasteiger charge is 2.24. The van der Waals surface area contributed by atoms with Crippen LogP contribution in [0.5, 0.6) is 0 Å². The zero-order chi connectivity index (χ0) is 19.6.